The number of fused-ring (bicyclic) bond motifs is 1. The molecule has 0 amide bonds. The number of likely N-dealkylation sites (tertiary alicyclic amines) is 1. The minimum Gasteiger partial charge on any atom is -0.300 e. The summed E-state index contributed by atoms with van der Waals surface area (Å²) in [7, 11) is 0. The summed E-state index contributed by atoms with van der Waals surface area (Å²) in [4.78, 5) is 7.91. The highest BCUT2D eigenvalue weighted by atomic mass is 32.2. The van der Waals surface area contributed by atoms with E-state index in [1.807, 2.05) is 24.2 Å². The molecule has 0 bridgehead atoms. The molecule has 1 fully saturated rings. The van der Waals surface area contributed by atoms with Gasteiger partial charge in [0.05, 0.1) is 11.6 Å². The summed E-state index contributed by atoms with van der Waals surface area (Å²) in [5, 5.41) is 5.97. The van der Waals surface area contributed by atoms with Crippen molar-refractivity contribution in [2.75, 3.05) is 25.4 Å². The number of nitrogens with zero attached hydrogens (tertiary/aromatic N) is 4. The first-order chi connectivity index (χ1) is 11.4. The van der Waals surface area contributed by atoms with E-state index in [0.717, 1.165) is 30.9 Å². The molecule has 5 heteroatoms. The fourth-order valence-corrected chi connectivity index (χ4v) is 4.03. The quantitative estimate of drug-likeness (QED) is 0.673. The molecule has 2 aromatic heterocycles. The van der Waals surface area contributed by atoms with E-state index >= 15 is 0 Å². The van der Waals surface area contributed by atoms with Crippen LogP contribution in [0.4, 0.5) is 0 Å². The molecule has 1 aliphatic rings. The summed E-state index contributed by atoms with van der Waals surface area (Å²) in [6.45, 7) is 3.40. The van der Waals surface area contributed by atoms with Gasteiger partial charge in [-0.1, -0.05) is 18.2 Å². The maximum Gasteiger partial charge on any atom is 0.0923 e. The van der Waals surface area contributed by atoms with Gasteiger partial charge in [0.2, 0.25) is 0 Å². The molecular weight excluding hydrogens is 304 g/mol. The summed E-state index contributed by atoms with van der Waals surface area (Å²) in [6, 6.07) is 13.0. The second-order valence-electron chi connectivity index (χ2n) is 5.94. The van der Waals surface area contributed by atoms with Crippen molar-refractivity contribution in [3.05, 3.63) is 55.0 Å². The number of benzene rings is 1. The number of hydrogen-bond donors (Lipinski definition) is 0. The number of pyridine rings is 1. The highest BCUT2D eigenvalue weighted by molar-refractivity contribution is 7.99. The third-order valence-electron chi connectivity index (χ3n) is 4.38. The standard InChI is InChI=1S/C18H20N4S/c1-2-4-18-15(3-1)13-22(20-18)16-7-10-21(14-16)11-12-23-17-5-8-19-9-6-17/h1-6,8-9,13,16H,7,10-12,14H2. The molecule has 0 saturated carbocycles. The Morgan fingerprint density at radius 3 is 2.87 bits per heavy atom. The molecule has 1 atom stereocenters. The molecule has 1 unspecified atom stereocenters. The van der Waals surface area contributed by atoms with Gasteiger partial charge in [0.1, 0.15) is 0 Å². The van der Waals surface area contributed by atoms with Crippen LogP contribution in [0.5, 0.6) is 0 Å². The second-order valence-corrected chi connectivity index (χ2v) is 7.11. The Hall–Kier alpha value is -1.85. The monoisotopic (exact) mass is 324 g/mol. The van der Waals surface area contributed by atoms with Crippen molar-refractivity contribution in [3.8, 4) is 0 Å². The van der Waals surface area contributed by atoms with Gasteiger partial charge < -0.3 is 4.90 Å². The Morgan fingerprint density at radius 2 is 2.00 bits per heavy atom. The predicted molar refractivity (Wildman–Crippen MR) is 94.8 cm³/mol. The lowest BCUT2D eigenvalue weighted by Gasteiger charge is -2.15. The smallest absolute Gasteiger partial charge is 0.0923 e. The highest BCUT2D eigenvalue weighted by Crippen LogP contribution is 2.24. The Morgan fingerprint density at radius 1 is 1.13 bits per heavy atom. The van der Waals surface area contributed by atoms with E-state index in [1.165, 1.54) is 16.7 Å². The van der Waals surface area contributed by atoms with Gasteiger partial charge in [-0.15, -0.1) is 11.8 Å². The summed E-state index contributed by atoms with van der Waals surface area (Å²) < 4.78 is 2.17. The third kappa shape index (κ3) is 3.41. The molecule has 4 nitrogen and oxygen atoms in total. The fourth-order valence-electron chi connectivity index (χ4n) is 3.13. The molecule has 23 heavy (non-hydrogen) atoms. The molecule has 0 radical (unpaired) electrons. The fraction of sp³-hybridized carbons (Fsp3) is 0.333. The zero-order chi connectivity index (χ0) is 15.5. The van der Waals surface area contributed by atoms with Crippen LogP contribution in [0.2, 0.25) is 0 Å². The SMILES string of the molecule is c1ccc2nn(C3CCN(CCSc4ccncc4)C3)cc2c1. The number of hydrogen-bond acceptors (Lipinski definition) is 4. The summed E-state index contributed by atoms with van der Waals surface area (Å²) in [5.74, 6) is 1.12. The Balaban J connectivity index is 1.32. The Bertz CT molecular complexity index is 738. The van der Waals surface area contributed by atoms with Crippen LogP contribution in [0, 0.1) is 0 Å². The van der Waals surface area contributed by atoms with Gasteiger partial charge in [0, 0.05) is 54.3 Å². The maximum absolute atomic E-state index is 4.73. The normalized spacial score (nSPS) is 18.7. The van der Waals surface area contributed by atoms with Crippen LogP contribution in [0.3, 0.4) is 0 Å². The molecule has 1 saturated heterocycles. The van der Waals surface area contributed by atoms with Crippen LogP contribution in [0.25, 0.3) is 10.9 Å². The van der Waals surface area contributed by atoms with Crippen LogP contribution >= 0.6 is 11.8 Å². The number of aromatic nitrogens is 3. The summed E-state index contributed by atoms with van der Waals surface area (Å²) in [6.07, 6.45) is 7.09. The molecule has 0 aliphatic carbocycles. The van der Waals surface area contributed by atoms with E-state index in [0.29, 0.717) is 6.04 Å². The third-order valence-corrected chi connectivity index (χ3v) is 5.37. The van der Waals surface area contributed by atoms with Gasteiger partial charge in [-0.3, -0.25) is 9.67 Å². The first-order valence-corrected chi connectivity index (χ1v) is 9.06. The average molecular weight is 324 g/mol. The van der Waals surface area contributed by atoms with Crippen molar-refractivity contribution in [2.24, 2.45) is 0 Å². The molecule has 4 rings (SSSR count). The molecule has 118 valence electrons. The molecule has 1 aliphatic heterocycles. The van der Waals surface area contributed by atoms with E-state index in [2.05, 4.69) is 57.2 Å². The lowest BCUT2D eigenvalue weighted by molar-refractivity contribution is 0.338. The molecule has 1 aromatic carbocycles. The Kier molecular flexibility index (Phi) is 4.30. The van der Waals surface area contributed by atoms with E-state index in [1.54, 1.807) is 0 Å². The predicted octanol–water partition coefficient (Wildman–Crippen LogP) is 3.47. The van der Waals surface area contributed by atoms with E-state index < -0.39 is 0 Å². The van der Waals surface area contributed by atoms with Crippen LogP contribution in [-0.4, -0.2) is 45.1 Å². The van der Waals surface area contributed by atoms with E-state index in [9.17, 15) is 0 Å². The van der Waals surface area contributed by atoms with Gasteiger partial charge in [-0.2, -0.15) is 5.10 Å². The minimum absolute atomic E-state index is 0.508. The van der Waals surface area contributed by atoms with Crippen molar-refractivity contribution in [1.29, 1.82) is 0 Å². The average Bonchev–Trinajstić information content (AvgIpc) is 3.22. The van der Waals surface area contributed by atoms with Crippen LogP contribution in [-0.2, 0) is 0 Å². The van der Waals surface area contributed by atoms with Gasteiger partial charge in [0.25, 0.3) is 0 Å². The largest absolute Gasteiger partial charge is 0.300 e. The molecule has 0 N–H and O–H groups in total. The molecule has 0 spiro atoms. The van der Waals surface area contributed by atoms with E-state index in [-0.39, 0.29) is 0 Å². The first kappa shape index (κ1) is 14.7. The zero-order valence-electron chi connectivity index (χ0n) is 13.0. The van der Waals surface area contributed by atoms with Crippen molar-refractivity contribution < 1.29 is 0 Å². The number of thioether (sulfide) groups is 1. The summed E-state index contributed by atoms with van der Waals surface area (Å²) in [5.41, 5.74) is 1.10. The molecular formula is C18H20N4S. The van der Waals surface area contributed by atoms with Crippen molar-refractivity contribution in [3.63, 3.8) is 0 Å². The molecule has 3 heterocycles. The Labute approximate surface area is 140 Å². The second kappa shape index (κ2) is 6.72. The van der Waals surface area contributed by atoms with E-state index in [4.69, 9.17) is 5.10 Å². The van der Waals surface area contributed by atoms with Crippen molar-refractivity contribution >= 4 is 22.7 Å². The van der Waals surface area contributed by atoms with Gasteiger partial charge in [-0.25, -0.2) is 0 Å². The maximum atomic E-state index is 4.73. The lowest BCUT2D eigenvalue weighted by atomic mass is 10.2. The van der Waals surface area contributed by atoms with Crippen molar-refractivity contribution in [2.45, 2.75) is 17.4 Å². The zero-order valence-corrected chi connectivity index (χ0v) is 13.8. The minimum atomic E-state index is 0.508. The number of rotatable bonds is 5. The first-order valence-electron chi connectivity index (χ1n) is 8.07. The van der Waals surface area contributed by atoms with Gasteiger partial charge in [-0.05, 0) is 24.6 Å². The lowest BCUT2D eigenvalue weighted by Crippen LogP contribution is -2.24. The van der Waals surface area contributed by atoms with Crippen LogP contribution in [0.15, 0.2) is 59.9 Å². The highest BCUT2D eigenvalue weighted by Gasteiger charge is 2.24. The van der Waals surface area contributed by atoms with Gasteiger partial charge in [0.15, 0.2) is 0 Å². The van der Waals surface area contributed by atoms with Crippen molar-refractivity contribution in [1.82, 2.24) is 19.7 Å². The van der Waals surface area contributed by atoms with Crippen LogP contribution in [0.1, 0.15) is 12.5 Å². The summed E-state index contributed by atoms with van der Waals surface area (Å²) >= 11 is 1.90. The van der Waals surface area contributed by atoms with Gasteiger partial charge >= 0.3 is 0 Å². The molecule has 3 aromatic rings. The topological polar surface area (TPSA) is 34.0 Å². The van der Waals surface area contributed by atoms with Crippen LogP contribution < -0.4 is 0 Å².